The number of rotatable bonds is 2. The molecule has 1 aromatic rings. The SMILES string of the molecule is CC12CCC(C(=Cc3ccc(Cl)c(S(=O)(=O)O)c3)C1=O)C2(C)C. The highest BCUT2D eigenvalue weighted by Gasteiger charge is 2.63. The number of hydrogen-bond acceptors (Lipinski definition) is 3. The van der Waals surface area contributed by atoms with E-state index in [1.54, 1.807) is 12.1 Å². The number of carbonyl (C=O) groups excluding carboxylic acids is 1. The molecule has 1 aromatic carbocycles. The van der Waals surface area contributed by atoms with Crippen molar-refractivity contribution in [2.45, 2.75) is 38.5 Å². The van der Waals surface area contributed by atoms with Crippen molar-refractivity contribution in [1.82, 2.24) is 0 Å². The Hall–Kier alpha value is -1.17. The molecule has 2 atom stereocenters. The fourth-order valence-corrected chi connectivity index (χ4v) is 5.09. The molecule has 124 valence electrons. The lowest BCUT2D eigenvalue weighted by Gasteiger charge is -2.31. The summed E-state index contributed by atoms with van der Waals surface area (Å²) in [5.74, 6) is 0.312. The number of Topliss-reactive ketones (excluding diaryl/α,β-unsaturated/α-hetero) is 1. The fourth-order valence-electron chi connectivity index (χ4n) is 4.08. The van der Waals surface area contributed by atoms with Crippen molar-refractivity contribution in [2.75, 3.05) is 0 Å². The summed E-state index contributed by atoms with van der Waals surface area (Å²) in [6.07, 6.45) is 3.59. The average Bonchev–Trinajstić information content (AvgIpc) is 2.74. The van der Waals surface area contributed by atoms with Crippen LogP contribution in [0, 0.1) is 16.7 Å². The van der Waals surface area contributed by atoms with Crippen molar-refractivity contribution in [2.24, 2.45) is 16.7 Å². The van der Waals surface area contributed by atoms with Gasteiger partial charge in [0, 0.05) is 5.41 Å². The second-order valence-corrected chi connectivity index (χ2v) is 9.04. The Labute approximate surface area is 141 Å². The molecule has 0 saturated heterocycles. The van der Waals surface area contributed by atoms with Gasteiger partial charge in [0.05, 0.1) is 5.02 Å². The minimum atomic E-state index is -4.39. The maximum atomic E-state index is 12.8. The second kappa shape index (κ2) is 4.91. The molecule has 0 spiro atoms. The third-order valence-corrected chi connectivity index (χ3v) is 7.26. The summed E-state index contributed by atoms with van der Waals surface area (Å²) in [5.41, 5.74) is 0.834. The van der Waals surface area contributed by atoms with E-state index in [2.05, 4.69) is 13.8 Å². The first-order chi connectivity index (χ1) is 10.5. The van der Waals surface area contributed by atoms with Gasteiger partial charge in [-0.25, -0.2) is 0 Å². The predicted octanol–water partition coefficient (Wildman–Crippen LogP) is 4.00. The van der Waals surface area contributed by atoms with Crippen LogP contribution in [-0.2, 0) is 14.9 Å². The van der Waals surface area contributed by atoms with Crippen LogP contribution in [0.3, 0.4) is 0 Å². The molecule has 0 heterocycles. The van der Waals surface area contributed by atoms with E-state index in [1.165, 1.54) is 12.1 Å². The molecule has 23 heavy (non-hydrogen) atoms. The standard InChI is InChI=1S/C17H19ClO4S/c1-16(2)12-6-7-17(16,3)15(19)11(12)8-10-4-5-13(18)14(9-10)23(20,21)22/h4-5,8-9,12H,6-7H2,1-3H3,(H,20,21,22). The molecule has 0 amide bonds. The van der Waals surface area contributed by atoms with E-state index in [-0.39, 0.29) is 32.4 Å². The molecule has 0 radical (unpaired) electrons. The van der Waals surface area contributed by atoms with E-state index in [0.717, 1.165) is 18.4 Å². The normalized spacial score (nSPS) is 31.1. The summed E-state index contributed by atoms with van der Waals surface area (Å²) in [6.45, 7) is 6.26. The van der Waals surface area contributed by atoms with Gasteiger partial charge >= 0.3 is 0 Å². The lowest BCUT2D eigenvalue weighted by molar-refractivity contribution is -0.125. The lowest BCUT2D eigenvalue weighted by Crippen LogP contribution is -2.32. The number of allylic oxidation sites excluding steroid dienone is 1. The molecular weight excluding hydrogens is 336 g/mol. The highest BCUT2D eigenvalue weighted by Crippen LogP contribution is 2.65. The van der Waals surface area contributed by atoms with Crippen molar-refractivity contribution < 1.29 is 17.8 Å². The summed E-state index contributed by atoms with van der Waals surface area (Å²) < 4.78 is 32.0. The molecule has 4 nitrogen and oxygen atoms in total. The van der Waals surface area contributed by atoms with Crippen LogP contribution in [-0.4, -0.2) is 18.8 Å². The molecule has 2 aliphatic carbocycles. The number of hydrogen-bond donors (Lipinski definition) is 1. The van der Waals surface area contributed by atoms with E-state index in [4.69, 9.17) is 11.6 Å². The van der Waals surface area contributed by atoms with Gasteiger partial charge in [-0.15, -0.1) is 0 Å². The first-order valence-corrected chi connectivity index (χ1v) is 9.34. The molecule has 1 N–H and O–H groups in total. The van der Waals surface area contributed by atoms with Gasteiger partial charge in [-0.05, 0) is 53.5 Å². The van der Waals surface area contributed by atoms with E-state index in [1.807, 2.05) is 6.92 Å². The van der Waals surface area contributed by atoms with Crippen molar-refractivity contribution in [3.63, 3.8) is 0 Å². The largest absolute Gasteiger partial charge is 0.296 e. The van der Waals surface area contributed by atoms with Crippen LogP contribution in [0.5, 0.6) is 0 Å². The number of fused-ring (bicyclic) bond motifs is 2. The van der Waals surface area contributed by atoms with Crippen LogP contribution in [0.2, 0.25) is 5.02 Å². The van der Waals surface area contributed by atoms with Gasteiger partial charge in [-0.2, -0.15) is 8.42 Å². The first kappa shape index (κ1) is 16.7. The Morgan fingerprint density at radius 3 is 2.48 bits per heavy atom. The Kier molecular flexibility index (Phi) is 3.56. The third kappa shape index (κ3) is 2.29. The number of ketones is 1. The molecule has 2 unspecified atom stereocenters. The Balaban J connectivity index is 2.10. The van der Waals surface area contributed by atoms with Gasteiger partial charge in [-0.3, -0.25) is 9.35 Å². The van der Waals surface area contributed by atoms with Gasteiger partial charge in [0.15, 0.2) is 5.78 Å². The van der Waals surface area contributed by atoms with Crippen LogP contribution in [0.15, 0.2) is 28.7 Å². The Morgan fingerprint density at radius 1 is 1.30 bits per heavy atom. The molecule has 2 bridgehead atoms. The van der Waals surface area contributed by atoms with E-state index in [0.29, 0.717) is 5.56 Å². The molecule has 6 heteroatoms. The summed E-state index contributed by atoms with van der Waals surface area (Å²) in [4.78, 5) is 12.5. The van der Waals surface area contributed by atoms with Gasteiger partial charge in [0.2, 0.25) is 0 Å². The predicted molar refractivity (Wildman–Crippen MR) is 88.9 cm³/mol. The van der Waals surface area contributed by atoms with Gasteiger partial charge in [0.1, 0.15) is 4.90 Å². The monoisotopic (exact) mass is 354 g/mol. The zero-order valence-electron chi connectivity index (χ0n) is 13.3. The van der Waals surface area contributed by atoms with E-state index in [9.17, 15) is 17.8 Å². The van der Waals surface area contributed by atoms with Crippen LogP contribution >= 0.6 is 11.6 Å². The highest BCUT2D eigenvalue weighted by molar-refractivity contribution is 7.86. The van der Waals surface area contributed by atoms with Crippen LogP contribution < -0.4 is 0 Å². The summed E-state index contributed by atoms with van der Waals surface area (Å²) in [5, 5.41) is -0.0405. The molecule has 2 fully saturated rings. The zero-order chi connectivity index (χ0) is 17.2. The average molecular weight is 355 g/mol. The topological polar surface area (TPSA) is 71.4 Å². The third-order valence-electron chi connectivity index (χ3n) is 5.92. The van der Waals surface area contributed by atoms with Crippen molar-refractivity contribution in [3.8, 4) is 0 Å². The van der Waals surface area contributed by atoms with Crippen molar-refractivity contribution in [3.05, 3.63) is 34.4 Å². The molecule has 2 saturated carbocycles. The van der Waals surface area contributed by atoms with Crippen LogP contribution in [0.4, 0.5) is 0 Å². The molecule has 0 aliphatic heterocycles. The number of carbonyl (C=O) groups is 1. The molecule has 0 aromatic heterocycles. The summed E-state index contributed by atoms with van der Waals surface area (Å²) in [7, 11) is -4.39. The van der Waals surface area contributed by atoms with Crippen molar-refractivity contribution >= 4 is 33.6 Å². The lowest BCUT2D eigenvalue weighted by atomic mass is 9.70. The minimum Gasteiger partial charge on any atom is -0.294 e. The van der Waals surface area contributed by atoms with Crippen molar-refractivity contribution in [1.29, 1.82) is 0 Å². The van der Waals surface area contributed by atoms with E-state index < -0.39 is 10.1 Å². The van der Waals surface area contributed by atoms with Gasteiger partial charge < -0.3 is 0 Å². The number of halogens is 1. The quantitative estimate of drug-likeness (QED) is 0.643. The molecular formula is C17H19ClO4S. The smallest absolute Gasteiger partial charge is 0.294 e. The van der Waals surface area contributed by atoms with Crippen LogP contribution in [0.1, 0.15) is 39.2 Å². The molecule has 2 aliphatic rings. The number of benzene rings is 1. The Bertz CT molecular complexity index is 838. The maximum Gasteiger partial charge on any atom is 0.296 e. The fraction of sp³-hybridized carbons (Fsp3) is 0.471. The van der Waals surface area contributed by atoms with Crippen LogP contribution in [0.25, 0.3) is 6.08 Å². The zero-order valence-corrected chi connectivity index (χ0v) is 14.8. The minimum absolute atomic E-state index is 0.0405. The van der Waals surface area contributed by atoms with Gasteiger partial charge in [0.25, 0.3) is 10.1 Å². The second-order valence-electron chi connectivity index (χ2n) is 7.24. The molecule has 3 rings (SSSR count). The summed E-state index contributed by atoms with van der Waals surface area (Å²) in [6, 6.07) is 4.37. The first-order valence-electron chi connectivity index (χ1n) is 7.52. The maximum absolute atomic E-state index is 12.8. The van der Waals surface area contributed by atoms with E-state index >= 15 is 0 Å². The summed E-state index contributed by atoms with van der Waals surface area (Å²) >= 11 is 5.83. The highest BCUT2D eigenvalue weighted by atomic mass is 35.5. The Morgan fingerprint density at radius 2 is 1.96 bits per heavy atom. The van der Waals surface area contributed by atoms with Gasteiger partial charge in [-0.1, -0.05) is 38.4 Å².